The van der Waals surface area contributed by atoms with Crippen molar-refractivity contribution in [1.29, 1.82) is 0 Å². The fraction of sp³-hybridized carbons (Fsp3) is 0.355. The summed E-state index contributed by atoms with van der Waals surface area (Å²) >= 11 is 0. The second-order valence-electron chi connectivity index (χ2n) is 11.0. The lowest BCUT2D eigenvalue weighted by molar-refractivity contribution is 0.405. The molecule has 0 atom stereocenters. The molecule has 0 bridgehead atoms. The number of H-pyrrole nitrogens is 2. The summed E-state index contributed by atoms with van der Waals surface area (Å²) in [5.74, 6) is 1.29. The molecule has 1 aliphatic heterocycles. The third-order valence-electron chi connectivity index (χ3n) is 8.33. The fourth-order valence-corrected chi connectivity index (χ4v) is 6.18. The number of allylic oxidation sites excluding steroid dienone is 1. The minimum Gasteiger partial charge on any atom is -0.368 e. The van der Waals surface area contributed by atoms with Gasteiger partial charge in [0.15, 0.2) is 5.82 Å². The highest BCUT2D eigenvalue weighted by Crippen LogP contribution is 2.34. The van der Waals surface area contributed by atoms with Gasteiger partial charge in [0.25, 0.3) is 0 Å². The van der Waals surface area contributed by atoms with E-state index in [0.29, 0.717) is 5.92 Å². The third-order valence-corrected chi connectivity index (χ3v) is 8.33. The lowest BCUT2D eigenvalue weighted by Crippen LogP contribution is -2.29. The number of fused-ring (bicyclic) bond motifs is 2. The van der Waals surface area contributed by atoms with Crippen LogP contribution in [0, 0.1) is 5.92 Å². The van der Waals surface area contributed by atoms with Gasteiger partial charge < -0.3 is 15.2 Å². The van der Waals surface area contributed by atoms with Crippen molar-refractivity contribution in [2.75, 3.05) is 23.3 Å². The lowest BCUT2D eigenvalue weighted by Gasteiger charge is -2.28. The zero-order valence-electron chi connectivity index (χ0n) is 22.2. The van der Waals surface area contributed by atoms with E-state index in [0.717, 1.165) is 74.7 Å². The zero-order valence-corrected chi connectivity index (χ0v) is 22.2. The molecule has 2 aliphatic rings. The number of nitrogens with zero attached hydrogens (tertiary/aromatic N) is 5. The number of aromatic nitrogens is 6. The number of hydrogen-bond acceptors (Lipinski definition) is 6. The van der Waals surface area contributed by atoms with Gasteiger partial charge >= 0.3 is 0 Å². The van der Waals surface area contributed by atoms with E-state index in [4.69, 9.17) is 4.98 Å². The molecule has 4 aromatic heterocycles. The van der Waals surface area contributed by atoms with Crippen molar-refractivity contribution in [2.45, 2.75) is 51.4 Å². The maximum absolute atomic E-state index is 5.02. The predicted octanol–water partition coefficient (Wildman–Crippen LogP) is 7.06. The first-order valence-electron chi connectivity index (χ1n) is 14.2. The number of nitrogens with one attached hydrogen (secondary N) is 3. The maximum Gasteiger partial charge on any atom is 0.159 e. The smallest absolute Gasteiger partial charge is 0.159 e. The average molecular weight is 519 g/mol. The van der Waals surface area contributed by atoms with Crippen molar-refractivity contribution in [3.05, 3.63) is 61.3 Å². The molecule has 1 saturated carbocycles. The van der Waals surface area contributed by atoms with Crippen LogP contribution < -0.4 is 10.2 Å². The maximum atomic E-state index is 5.02. The molecule has 39 heavy (non-hydrogen) atoms. The van der Waals surface area contributed by atoms with Crippen molar-refractivity contribution < 1.29 is 0 Å². The van der Waals surface area contributed by atoms with Crippen molar-refractivity contribution >= 4 is 33.3 Å². The highest BCUT2D eigenvalue weighted by atomic mass is 15.2. The fourth-order valence-electron chi connectivity index (χ4n) is 6.18. The first-order chi connectivity index (χ1) is 19.2. The summed E-state index contributed by atoms with van der Waals surface area (Å²) in [4.78, 5) is 19.9. The monoisotopic (exact) mass is 518 g/mol. The van der Waals surface area contributed by atoms with Gasteiger partial charge in [-0.15, -0.1) is 0 Å². The van der Waals surface area contributed by atoms with Gasteiger partial charge in [-0.2, -0.15) is 5.10 Å². The van der Waals surface area contributed by atoms with E-state index in [1.54, 1.807) is 0 Å². The molecule has 0 radical (unpaired) electrons. The van der Waals surface area contributed by atoms with Crippen molar-refractivity contribution in [3.8, 4) is 22.6 Å². The van der Waals surface area contributed by atoms with E-state index in [-0.39, 0.29) is 0 Å². The van der Waals surface area contributed by atoms with Gasteiger partial charge in [-0.3, -0.25) is 15.1 Å². The minimum atomic E-state index is 0.543. The Kier molecular flexibility index (Phi) is 6.23. The molecule has 3 N–H and O–H groups in total. The standard InChI is InChI=1S/C31H34N8/c1-20(21-8-4-2-5-9-21)34-24-14-23(16-32-17-24)22-10-11-26-25(15-22)29(38-37-26)31-35-27-18-33-19-28(30(27)36-31)39-12-6-3-7-13-39/h10-11,14-19,21,34H,1-9,12-13H2,(H,35,36)(H,37,38). The van der Waals surface area contributed by atoms with Crippen LogP contribution in [0.5, 0.6) is 0 Å². The topological polar surface area (TPSA) is 98.4 Å². The highest BCUT2D eigenvalue weighted by Gasteiger charge is 2.20. The minimum absolute atomic E-state index is 0.543. The van der Waals surface area contributed by atoms with Crippen LogP contribution >= 0.6 is 0 Å². The Balaban J connectivity index is 1.20. The molecule has 2 fully saturated rings. The summed E-state index contributed by atoms with van der Waals surface area (Å²) in [6, 6.07) is 8.51. The van der Waals surface area contributed by atoms with Gasteiger partial charge in [0.05, 0.1) is 41.0 Å². The van der Waals surface area contributed by atoms with Gasteiger partial charge in [0, 0.05) is 35.9 Å². The van der Waals surface area contributed by atoms with Crippen molar-refractivity contribution in [2.24, 2.45) is 5.92 Å². The third kappa shape index (κ3) is 4.64. The normalized spacial score (nSPS) is 16.7. The zero-order chi connectivity index (χ0) is 26.2. The van der Waals surface area contributed by atoms with Crippen LogP contribution in [-0.2, 0) is 0 Å². The summed E-state index contributed by atoms with van der Waals surface area (Å²) in [5, 5.41) is 12.4. The average Bonchev–Trinajstić information content (AvgIpc) is 3.62. The Labute approximate surface area is 228 Å². The van der Waals surface area contributed by atoms with Crippen LogP contribution in [0.25, 0.3) is 44.6 Å². The molecule has 5 aromatic rings. The summed E-state index contributed by atoms with van der Waals surface area (Å²) in [6.07, 6.45) is 17.6. The summed E-state index contributed by atoms with van der Waals surface area (Å²) < 4.78 is 0. The van der Waals surface area contributed by atoms with Crippen LogP contribution in [-0.4, -0.2) is 43.2 Å². The van der Waals surface area contributed by atoms with Crippen molar-refractivity contribution in [1.82, 2.24) is 30.1 Å². The second-order valence-corrected chi connectivity index (χ2v) is 11.0. The van der Waals surface area contributed by atoms with E-state index in [1.165, 1.54) is 51.4 Å². The van der Waals surface area contributed by atoms with Crippen LogP contribution in [0.2, 0.25) is 0 Å². The molecule has 7 rings (SSSR count). The lowest BCUT2D eigenvalue weighted by atomic mass is 9.87. The number of aromatic amines is 2. The number of piperidine rings is 1. The van der Waals surface area contributed by atoms with E-state index >= 15 is 0 Å². The Bertz CT molecular complexity index is 1640. The van der Waals surface area contributed by atoms with Gasteiger partial charge in [0.2, 0.25) is 0 Å². The molecular formula is C31H34N8. The van der Waals surface area contributed by atoms with Crippen LogP contribution in [0.15, 0.2) is 61.3 Å². The molecule has 0 amide bonds. The molecule has 8 heteroatoms. The predicted molar refractivity (Wildman–Crippen MR) is 158 cm³/mol. The van der Waals surface area contributed by atoms with Gasteiger partial charge in [-0.05, 0) is 61.8 Å². The highest BCUT2D eigenvalue weighted by molar-refractivity contribution is 5.97. The SMILES string of the molecule is C=C(Nc1cncc(-c2ccc3[nH]nc(-c4nc5c(N6CCCCC6)cncc5[nH]4)c3c2)c1)C1CCCCC1. The Morgan fingerprint density at radius 1 is 0.872 bits per heavy atom. The van der Waals surface area contributed by atoms with Crippen LogP contribution in [0.1, 0.15) is 51.4 Å². The number of hydrogen-bond donors (Lipinski definition) is 3. The van der Waals surface area contributed by atoms with Crippen molar-refractivity contribution in [3.63, 3.8) is 0 Å². The molecule has 0 unspecified atom stereocenters. The van der Waals surface area contributed by atoms with Crippen LogP contribution in [0.3, 0.4) is 0 Å². The summed E-state index contributed by atoms with van der Waals surface area (Å²) in [6.45, 7) is 6.44. The van der Waals surface area contributed by atoms with Gasteiger partial charge in [-0.1, -0.05) is 31.9 Å². The number of pyridine rings is 2. The van der Waals surface area contributed by atoms with Gasteiger partial charge in [-0.25, -0.2) is 4.98 Å². The first kappa shape index (κ1) is 23.9. The molecule has 1 aliphatic carbocycles. The molecule has 8 nitrogen and oxygen atoms in total. The van der Waals surface area contributed by atoms with E-state index in [1.807, 2.05) is 24.8 Å². The Morgan fingerprint density at radius 2 is 1.69 bits per heavy atom. The molecule has 1 aromatic carbocycles. The Morgan fingerprint density at radius 3 is 2.56 bits per heavy atom. The molecule has 198 valence electrons. The number of rotatable bonds is 6. The quantitative estimate of drug-likeness (QED) is 0.223. The molecule has 0 spiro atoms. The second kappa shape index (κ2) is 10.2. The van der Waals surface area contributed by atoms with E-state index < -0.39 is 0 Å². The number of imidazole rings is 1. The Hall–Kier alpha value is -4.20. The largest absolute Gasteiger partial charge is 0.368 e. The summed E-state index contributed by atoms with van der Waals surface area (Å²) in [7, 11) is 0. The summed E-state index contributed by atoms with van der Waals surface area (Å²) in [5.41, 5.74) is 8.97. The first-order valence-corrected chi connectivity index (χ1v) is 14.2. The van der Waals surface area contributed by atoms with Crippen LogP contribution in [0.4, 0.5) is 11.4 Å². The van der Waals surface area contributed by atoms with E-state index in [9.17, 15) is 0 Å². The number of anilines is 2. The molecule has 1 saturated heterocycles. The molecular weight excluding hydrogens is 484 g/mol. The number of benzene rings is 1. The van der Waals surface area contributed by atoms with Gasteiger partial charge in [0.1, 0.15) is 11.2 Å². The van der Waals surface area contributed by atoms with E-state index in [2.05, 4.69) is 66.2 Å². The molecule has 5 heterocycles.